The van der Waals surface area contributed by atoms with E-state index in [0.717, 1.165) is 25.3 Å². The number of ether oxygens (including phenoxy) is 1. The summed E-state index contributed by atoms with van der Waals surface area (Å²) in [6, 6.07) is 3.02. The lowest BCUT2D eigenvalue weighted by Gasteiger charge is -2.22. The van der Waals surface area contributed by atoms with Crippen LogP contribution in [0.25, 0.3) is 0 Å². The van der Waals surface area contributed by atoms with Crippen LogP contribution in [0.15, 0.2) is 23.1 Å². The number of carbonyl (C=O) groups excluding carboxylic acids is 1. The minimum absolute atomic E-state index is 0.189. The van der Waals surface area contributed by atoms with Gasteiger partial charge in [0.25, 0.3) is 5.69 Å². The molecule has 21 heavy (non-hydrogen) atoms. The Labute approximate surface area is 126 Å². The smallest absolute Gasteiger partial charge is 0.326 e. The number of hydrogen-bond acceptors (Lipinski definition) is 6. The molecule has 0 aromatic heterocycles. The Bertz CT molecular complexity index is 686. The Hall–Kier alpha value is -1.71. The number of sulfonamides is 1. The second kappa shape index (κ2) is 5.96. The molecule has 0 aliphatic heterocycles. The number of benzene rings is 1. The van der Waals surface area contributed by atoms with Crippen molar-refractivity contribution in [3.05, 3.63) is 33.3 Å². The lowest BCUT2D eigenvalue weighted by atomic mass is 10.1. The average molecular weight is 337 g/mol. The Morgan fingerprint density at radius 2 is 2.00 bits per heavy atom. The standard InChI is InChI=1S/C11H13ClN2O6S/c1-11(2,10(15)20-3)13-21(18,19)7-4-5-8(12)9(6-7)14(16)17/h4-6,13H,1-3H3. The molecule has 0 heterocycles. The maximum atomic E-state index is 12.2. The van der Waals surface area contributed by atoms with Gasteiger partial charge in [-0.15, -0.1) is 0 Å². The Morgan fingerprint density at radius 1 is 1.43 bits per heavy atom. The van der Waals surface area contributed by atoms with Crippen LogP contribution in [0.5, 0.6) is 0 Å². The van der Waals surface area contributed by atoms with Gasteiger partial charge in [-0.25, -0.2) is 8.42 Å². The van der Waals surface area contributed by atoms with Crippen LogP contribution < -0.4 is 4.72 Å². The van der Waals surface area contributed by atoms with Gasteiger partial charge in [-0.05, 0) is 26.0 Å². The van der Waals surface area contributed by atoms with Crippen molar-refractivity contribution in [1.29, 1.82) is 0 Å². The molecule has 0 fully saturated rings. The van der Waals surface area contributed by atoms with Crippen molar-refractivity contribution < 1.29 is 22.9 Å². The molecule has 1 aromatic rings. The zero-order valence-corrected chi connectivity index (χ0v) is 13.0. The molecule has 0 unspecified atom stereocenters. The molecule has 1 aromatic carbocycles. The predicted molar refractivity (Wildman–Crippen MR) is 74.5 cm³/mol. The molecule has 0 bridgehead atoms. The van der Waals surface area contributed by atoms with E-state index in [0.29, 0.717) is 0 Å². The largest absolute Gasteiger partial charge is 0.468 e. The van der Waals surface area contributed by atoms with Gasteiger partial charge in [0.2, 0.25) is 10.0 Å². The van der Waals surface area contributed by atoms with Crippen LogP contribution in [0.2, 0.25) is 5.02 Å². The van der Waals surface area contributed by atoms with Crippen LogP contribution in [0.3, 0.4) is 0 Å². The van der Waals surface area contributed by atoms with E-state index in [1.165, 1.54) is 13.8 Å². The van der Waals surface area contributed by atoms with E-state index in [1.807, 2.05) is 0 Å². The average Bonchev–Trinajstić information content (AvgIpc) is 2.36. The Balaban J connectivity index is 3.24. The summed E-state index contributed by atoms with van der Waals surface area (Å²) in [4.78, 5) is 21.1. The topological polar surface area (TPSA) is 116 Å². The van der Waals surface area contributed by atoms with Gasteiger partial charge in [0.1, 0.15) is 10.6 Å². The first-order valence-electron chi connectivity index (χ1n) is 5.57. The number of methoxy groups -OCH3 is 1. The maximum absolute atomic E-state index is 12.2. The fourth-order valence-electron chi connectivity index (χ4n) is 1.49. The van der Waals surface area contributed by atoms with Gasteiger partial charge in [0.05, 0.1) is 16.9 Å². The molecule has 0 aliphatic rings. The van der Waals surface area contributed by atoms with E-state index in [1.54, 1.807) is 0 Å². The lowest BCUT2D eigenvalue weighted by molar-refractivity contribution is -0.384. The molecule has 10 heteroatoms. The highest BCUT2D eigenvalue weighted by Gasteiger charge is 2.34. The van der Waals surface area contributed by atoms with Gasteiger partial charge in [-0.3, -0.25) is 14.9 Å². The molecule has 0 saturated carbocycles. The summed E-state index contributed by atoms with van der Waals surface area (Å²) in [5, 5.41) is 10.6. The minimum atomic E-state index is -4.16. The first kappa shape index (κ1) is 17.3. The summed E-state index contributed by atoms with van der Waals surface area (Å²) in [6.07, 6.45) is 0. The minimum Gasteiger partial charge on any atom is -0.468 e. The van der Waals surface area contributed by atoms with Crippen molar-refractivity contribution >= 4 is 33.3 Å². The van der Waals surface area contributed by atoms with Gasteiger partial charge in [0.15, 0.2) is 0 Å². The van der Waals surface area contributed by atoms with E-state index in [-0.39, 0.29) is 9.92 Å². The molecule has 0 saturated heterocycles. The first-order chi connectivity index (χ1) is 9.51. The van der Waals surface area contributed by atoms with Gasteiger partial charge >= 0.3 is 5.97 Å². The predicted octanol–water partition coefficient (Wildman–Crippen LogP) is 1.48. The number of rotatable bonds is 5. The van der Waals surface area contributed by atoms with E-state index in [9.17, 15) is 23.3 Å². The van der Waals surface area contributed by atoms with Crippen LogP contribution in [-0.4, -0.2) is 32.0 Å². The third kappa shape index (κ3) is 3.90. The summed E-state index contributed by atoms with van der Waals surface area (Å²) < 4.78 is 30.9. The fraction of sp³-hybridized carbons (Fsp3) is 0.364. The number of halogens is 1. The van der Waals surface area contributed by atoms with Crippen LogP contribution in [0.4, 0.5) is 5.69 Å². The molecule has 0 spiro atoms. The number of carbonyl (C=O) groups is 1. The van der Waals surface area contributed by atoms with Gasteiger partial charge < -0.3 is 4.74 Å². The quantitative estimate of drug-likeness (QED) is 0.494. The van der Waals surface area contributed by atoms with E-state index in [2.05, 4.69) is 9.46 Å². The monoisotopic (exact) mass is 336 g/mol. The van der Waals surface area contributed by atoms with Crippen LogP contribution in [0.1, 0.15) is 13.8 Å². The van der Waals surface area contributed by atoms with Crippen molar-refractivity contribution in [2.45, 2.75) is 24.3 Å². The Kier molecular flexibility index (Phi) is 4.92. The van der Waals surface area contributed by atoms with Crippen molar-refractivity contribution in [2.75, 3.05) is 7.11 Å². The summed E-state index contributed by atoms with van der Waals surface area (Å²) in [5.41, 5.74) is -2.07. The molecule has 0 atom stereocenters. The van der Waals surface area contributed by atoms with Crippen LogP contribution >= 0.6 is 11.6 Å². The van der Waals surface area contributed by atoms with E-state index >= 15 is 0 Å². The van der Waals surface area contributed by atoms with Crippen molar-refractivity contribution in [3.8, 4) is 0 Å². The molecule has 0 amide bonds. The van der Waals surface area contributed by atoms with E-state index < -0.39 is 32.1 Å². The normalized spacial score (nSPS) is 12.0. The van der Waals surface area contributed by atoms with Crippen molar-refractivity contribution in [1.82, 2.24) is 4.72 Å². The highest BCUT2D eigenvalue weighted by molar-refractivity contribution is 7.89. The van der Waals surface area contributed by atoms with Crippen LogP contribution in [0, 0.1) is 10.1 Å². The van der Waals surface area contributed by atoms with Crippen molar-refractivity contribution in [2.24, 2.45) is 0 Å². The van der Waals surface area contributed by atoms with Gasteiger partial charge in [0, 0.05) is 6.07 Å². The highest BCUT2D eigenvalue weighted by Crippen LogP contribution is 2.27. The molecule has 0 radical (unpaired) electrons. The molecular weight excluding hydrogens is 324 g/mol. The molecular formula is C11H13ClN2O6S. The Morgan fingerprint density at radius 3 is 2.48 bits per heavy atom. The van der Waals surface area contributed by atoms with E-state index in [4.69, 9.17) is 11.6 Å². The van der Waals surface area contributed by atoms with Crippen LogP contribution in [-0.2, 0) is 19.6 Å². The molecule has 1 rings (SSSR count). The zero-order chi connectivity index (χ0) is 16.4. The highest BCUT2D eigenvalue weighted by atomic mass is 35.5. The fourth-order valence-corrected chi connectivity index (χ4v) is 3.06. The third-order valence-corrected chi connectivity index (χ3v) is 4.48. The summed E-state index contributed by atoms with van der Waals surface area (Å²) in [5.74, 6) is -0.797. The van der Waals surface area contributed by atoms with Gasteiger partial charge in [-0.1, -0.05) is 11.6 Å². The third-order valence-electron chi connectivity index (χ3n) is 2.51. The SMILES string of the molecule is COC(=O)C(C)(C)NS(=O)(=O)c1ccc(Cl)c([N+](=O)[O-])c1. The number of esters is 1. The van der Waals surface area contributed by atoms with Gasteiger partial charge in [-0.2, -0.15) is 4.72 Å². The molecule has 0 aliphatic carbocycles. The second-order valence-electron chi connectivity index (χ2n) is 4.59. The molecule has 116 valence electrons. The number of nitrogens with one attached hydrogen (secondary N) is 1. The maximum Gasteiger partial charge on any atom is 0.326 e. The lowest BCUT2D eigenvalue weighted by Crippen LogP contribution is -2.50. The summed E-state index contributed by atoms with van der Waals surface area (Å²) in [6.45, 7) is 2.61. The molecule has 1 N–H and O–H groups in total. The molecule has 8 nitrogen and oxygen atoms in total. The van der Waals surface area contributed by atoms with Crippen molar-refractivity contribution in [3.63, 3.8) is 0 Å². The second-order valence-corrected chi connectivity index (χ2v) is 6.68. The first-order valence-corrected chi connectivity index (χ1v) is 7.43. The number of nitro benzene ring substituents is 1. The number of nitro groups is 1. The summed E-state index contributed by atoms with van der Waals surface area (Å²) in [7, 11) is -3.04. The zero-order valence-electron chi connectivity index (χ0n) is 11.4. The summed E-state index contributed by atoms with van der Waals surface area (Å²) >= 11 is 5.62. The number of nitrogens with zero attached hydrogens (tertiary/aromatic N) is 1. The number of hydrogen-bond donors (Lipinski definition) is 1.